The van der Waals surface area contributed by atoms with Gasteiger partial charge in [0.05, 0.1) is 0 Å². The van der Waals surface area contributed by atoms with Gasteiger partial charge < -0.3 is 19.7 Å². The van der Waals surface area contributed by atoms with Gasteiger partial charge in [-0.1, -0.05) is 6.92 Å². The van der Waals surface area contributed by atoms with Crippen LogP contribution in [0.2, 0.25) is 0 Å². The summed E-state index contributed by atoms with van der Waals surface area (Å²) in [7, 11) is 0. The summed E-state index contributed by atoms with van der Waals surface area (Å²) in [5.74, 6) is -1.28. The third-order valence-electron chi connectivity index (χ3n) is 1.98. The molecule has 8 nitrogen and oxygen atoms in total. The molecule has 1 aromatic heterocycles. The Labute approximate surface area is 109 Å². The van der Waals surface area contributed by atoms with Crippen molar-refractivity contribution < 1.29 is 34.1 Å². The molecule has 106 valence electrons. The minimum Gasteiger partial charge on any atom is -0.492 e. The molecule has 0 fully saturated rings. The molecule has 1 rings (SSSR count). The van der Waals surface area contributed by atoms with Gasteiger partial charge in [-0.3, -0.25) is 9.63 Å². The van der Waals surface area contributed by atoms with Crippen LogP contribution in [0.1, 0.15) is 19.8 Å². The summed E-state index contributed by atoms with van der Waals surface area (Å²) in [5, 5.41) is 18.4. The Kier molecular flexibility index (Phi) is 5.52. The molecule has 0 atom stereocenters. The molecular weight excluding hydrogens is 258 g/mol. The lowest BCUT2D eigenvalue weighted by Crippen LogP contribution is -2.22. The van der Waals surface area contributed by atoms with Crippen LogP contribution in [0.15, 0.2) is 12.1 Å². The number of rotatable bonds is 6. The van der Waals surface area contributed by atoms with Crippen LogP contribution in [-0.2, 0) is 14.3 Å². The molecule has 0 saturated carbocycles. The van der Waals surface area contributed by atoms with E-state index in [0.29, 0.717) is 17.6 Å². The van der Waals surface area contributed by atoms with Gasteiger partial charge in [-0.15, -0.1) is 4.73 Å². The molecule has 2 N–H and O–H groups in total. The van der Waals surface area contributed by atoms with Crippen LogP contribution in [0.5, 0.6) is 11.8 Å². The maximum atomic E-state index is 11.2. The number of esters is 1. The quantitative estimate of drug-likeness (QED) is 0.583. The second kappa shape index (κ2) is 7.14. The number of aromatic nitrogens is 1. The number of hydrogen-bond acceptors (Lipinski definition) is 7. The molecular formula is C11H15NO7. The first-order chi connectivity index (χ1) is 9.04. The molecule has 0 spiro atoms. The monoisotopic (exact) mass is 273 g/mol. The lowest BCUT2D eigenvalue weighted by atomic mass is 10.3. The third kappa shape index (κ3) is 4.78. The Morgan fingerprint density at radius 1 is 1.16 bits per heavy atom. The fourth-order valence-corrected chi connectivity index (χ4v) is 1.15. The van der Waals surface area contributed by atoms with Crippen LogP contribution < -0.4 is 4.84 Å². The van der Waals surface area contributed by atoms with Gasteiger partial charge in [-0.05, 0) is 6.42 Å². The fourth-order valence-electron chi connectivity index (χ4n) is 1.15. The SMILES string of the molecule is CCCC(=O)OCCOC(=O)On1c(O)ccc1O. The van der Waals surface area contributed by atoms with Crippen LogP contribution >= 0.6 is 0 Å². The van der Waals surface area contributed by atoms with E-state index in [2.05, 4.69) is 9.57 Å². The highest BCUT2D eigenvalue weighted by Gasteiger charge is 2.13. The van der Waals surface area contributed by atoms with Gasteiger partial charge in [0.2, 0.25) is 11.8 Å². The number of aromatic hydroxyl groups is 2. The maximum absolute atomic E-state index is 11.2. The van der Waals surface area contributed by atoms with Gasteiger partial charge in [0.15, 0.2) is 0 Å². The highest BCUT2D eigenvalue weighted by Crippen LogP contribution is 2.18. The molecule has 1 aromatic rings. The Balaban J connectivity index is 2.24. The Morgan fingerprint density at radius 2 is 1.74 bits per heavy atom. The topological polar surface area (TPSA) is 107 Å². The van der Waals surface area contributed by atoms with E-state index in [9.17, 15) is 19.8 Å². The summed E-state index contributed by atoms with van der Waals surface area (Å²) in [6.45, 7) is 1.57. The Morgan fingerprint density at radius 3 is 2.32 bits per heavy atom. The minimum atomic E-state index is -1.15. The summed E-state index contributed by atoms with van der Waals surface area (Å²) in [6.07, 6.45) is -0.169. The molecule has 8 heteroatoms. The van der Waals surface area contributed by atoms with Crippen LogP contribution in [0.25, 0.3) is 0 Å². The van der Waals surface area contributed by atoms with Crippen molar-refractivity contribution in [2.45, 2.75) is 19.8 Å². The largest absolute Gasteiger partial charge is 0.534 e. The van der Waals surface area contributed by atoms with Crippen molar-refractivity contribution in [3.63, 3.8) is 0 Å². The molecule has 0 radical (unpaired) electrons. The second-order valence-corrected chi connectivity index (χ2v) is 3.50. The lowest BCUT2D eigenvalue weighted by molar-refractivity contribution is -0.144. The number of carbonyl (C=O) groups is 2. The van der Waals surface area contributed by atoms with Crippen molar-refractivity contribution in [3.05, 3.63) is 12.1 Å². The van der Waals surface area contributed by atoms with Crippen molar-refractivity contribution in [1.82, 2.24) is 4.73 Å². The zero-order valence-corrected chi connectivity index (χ0v) is 10.4. The first kappa shape index (κ1) is 14.7. The maximum Gasteiger partial charge on any atom is 0.534 e. The van der Waals surface area contributed by atoms with Gasteiger partial charge in [-0.2, -0.15) is 0 Å². The van der Waals surface area contributed by atoms with Gasteiger partial charge in [-0.25, -0.2) is 4.79 Å². The lowest BCUT2D eigenvalue weighted by Gasteiger charge is -2.07. The van der Waals surface area contributed by atoms with Crippen molar-refractivity contribution in [2.75, 3.05) is 13.2 Å². The van der Waals surface area contributed by atoms with E-state index >= 15 is 0 Å². The van der Waals surface area contributed by atoms with Crippen molar-refractivity contribution in [3.8, 4) is 11.8 Å². The van der Waals surface area contributed by atoms with Crippen LogP contribution in [0, 0.1) is 0 Å². The summed E-state index contributed by atoms with van der Waals surface area (Å²) in [4.78, 5) is 26.6. The molecule has 0 aliphatic rings. The van der Waals surface area contributed by atoms with Crippen molar-refractivity contribution in [2.24, 2.45) is 0 Å². The average molecular weight is 273 g/mol. The smallest absolute Gasteiger partial charge is 0.492 e. The Bertz CT molecular complexity index is 421. The van der Waals surface area contributed by atoms with Gasteiger partial charge >= 0.3 is 12.1 Å². The highest BCUT2D eigenvalue weighted by atomic mass is 16.8. The minimum absolute atomic E-state index is 0.0857. The molecule has 1 heterocycles. The van der Waals surface area contributed by atoms with Gasteiger partial charge in [0.25, 0.3) is 0 Å². The first-order valence-electron chi connectivity index (χ1n) is 5.65. The normalized spacial score (nSPS) is 9.95. The van der Waals surface area contributed by atoms with Crippen molar-refractivity contribution in [1.29, 1.82) is 0 Å². The van der Waals surface area contributed by atoms with Crippen LogP contribution in [0.4, 0.5) is 4.79 Å². The molecule has 0 bridgehead atoms. The molecule has 0 saturated heterocycles. The van der Waals surface area contributed by atoms with E-state index in [4.69, 9.17) is 4.74 Å². The van der Waals surface area contributed by atoms with Gasteiger partial charge in [0.1, 0.15) is 13.2 Å². The summed E-state index contributed by atoms with van der Waals surface area (Å²) < 4.78 is 9.80. The molecule has 0 unspecified atom stereocenters. The first-order valence-corrected chi connectivity index (χ1v) is 5.65. The highest BCUT2D eigenvalue weighted by molar-refractivity contribution is 5.69. The molecule has 0 aliphatic heterocycles. The summed E-state index contributed by atoms with van der Waals surface area (Å²) >= 11 is 0. The van der Waals surface area contributed by atoms with E-state index in [-0.39, 0.29) is 19.2 Å². The van der Waals surface area contributed by atoms with E-state index in [1.165, 1.54) is 0 Å². The molecule has 0 aliphatic carbocycles. The predicted molar refractivity (Wildman–Crippen MR) is 61.6 cm³/mol. The second-order valence-electron chi connectivity index (χ2n) is 3.50. The van der Waals surface area contributed by atoms with Crippen molar-refractivity contribution >= 4 is 12.1 Å². The summed E-state index contributed by atoms with van der Waals surface area (Å²) in [5.41, 5.74) is 0. The molecule has 0 aromatic carbocycles. The molecule has 0 amide bonds. The number of ether oxygens (including phenoxy) is 2. The number of nitrogens with zero attached hydrogens (tertiary/aromatic N) is 1. The fraction of sp³-hybridized carbons (Fsp3) is 0.455. The average Bonchev–Trinajstić information content (AvgIpc) is 2.67. The van der Waals surface area contributed by atoms with E-state index in [0.717, 1.165) is 12.1 Å². The number of hydrogen-bond donors (Lipinski definition) is 2. The van der Waals surface area contributed by atoms with E-state index in [1.54, 1.807) is 0 Å². The zero-order chi connectivity index (χ0) is 14.3. The predicted octanol–water partition coefficient (Wildman–Crippen LogP) is 0.808. The van der Waals surface area contributed by atoms with Crippen LogP contribution in [-0.4, -0.2) is 40.3 Å². The number of carbonyl (C=O) groups excluding carboxylic acids is 2. The van der Waals surface area contributed by atoms with E-state index < -0.39 is 17.9 Å². The van der Waals surface area contributed by atoms with E-state index in [1.807, 2.05) is 6.92 Å². The summed E-state index contributed by atoms with van der Waals surface area (Å²) in [6, 6.07) is 2.27. The van der Waals surface area contributed by atoms with Gasteiger partial charge in [0, 0.05) is 18.6 Å². The Hall–Kier alpha value is -2.38. The zero-order valence-electron chi connectivity index (χ0n) is 10.4. The molecule has 19 heavy (non-hydrogen) atoms. The van der Waals surface area contributed by atoms with Crippen LogP contribution in [0.3, 0.4) is 0 Å². The third-order valence-corrected chi connectivity index (χ3v) is 1.98. The standard InChI is InChI=1S/C11H15NO7/c1-2-3-10(15)17-6-7-18-11(16)19-12-8(13)4-5-9(12)14/h4-5,13-14H,2-3,6-7H2,1H3.